The van der Waals surface area contributed by atoms with Crippen LogP contribution in [0.5, 0.6) is 0 Å². The Hall–Kier alpha value is -1.63. The number of amides is 1. The van der Waals surface area contributed by atoms with Crippen LogP contribution in [0, 0.1) is 5.41 Å². The lowest BCUT2D eigenvalue weighted by molar-refractivity contribution is -0.153. The molecule has 21 heavy (non-hydrogen) atoms. The molecule has 1 N–H and O–H groups in total. The lowest BCUT2D eigenvalue weighted by atomic mass is 9.82. The largest absolute Gasteiger partial charge is 0.481 e. The summed E-state index contributed by atoms with van der Waals surface area (Å²) in [4.78, 5) is 36.8. The maximum atomic E-state index is 12.3. The first-order valence-electron chi connectivity index (χ1n) is 6.69. The number of halogens is 1. The van der Waals surface area contributed by atoms with Crippen LogP contribution in [0.3, 0.4) is 0 Å². The van der Waals surface area contributed by atoms with Gasteiger partial charge >= 0.3 is 5.97 Å². The van der Waals surface area contributed by atoms with Crippen LogP contribution in [0.1, 0.15) is 19.8 Å². The molecule has 2 heterocycles. The molecule has 1 aromatic rings. The van der Waals surface area contributed by atoms with Gasteiger partial charge in [-0.1, -0.05) is 0 Å². The van der Waals surface area contributed by atoms with Crippen LogP contribution in [0.2, 0.25) is 0 Å². The molecule has 2 rings (SSSR count). The van der Waals surface area contributed by atoms with Crippen molar-refractivity contribution in [1.82, 2.24) is 9.47 Å². The number of aliphatic carboxylic acids is 1. The van der Waals surface area contributed by atoms with E-state index >= 15 is 0 Å². The molecule has 1 unspecified atom stereocenters. The van der Waals surface area contributed by atoms with Gasteiger partial charge in [0.2, 0.25) is 5.91 Å². The van der Waals surface area contributed by atoms with Gasteiger partial charge in [-0.15, -0.1) is 0 Å². The number of likely N-dealkylation sites (tertiary alicyclic amines) is 1. The van der Waals surface area contributed by atoms with Gasteiger partial charge in [-0.3, -0.25) is 14.4 Å². The number of nitrogens with zero attached hydrogens (tertiary/aromatic N) is 2. The lowest BCUT2D eigenvalue weighted by Gasteiger charge is -2.37. The molecule has 0 spiro atoms. The van der Waals surface area contributed by atoms with E-state index in [0.29, 0.717) is 23.9 Å². The van der Waals surface area contributed by atoms with Gasteiger partial charge in [-0.2, -0.15) is 0 Å². The summed E-state index contributed by atoms with van der Waals surface area (Å²) < 4.78 is 2.03. The summed E-state index contributed by atoms with van der Waals surface area (Å²) in [6.07, 6.45) is 2.77. The van der Waals surface area contributed by atoms with Crippen LogP contribution < -0.4 is 5.56 Å². The summed E-state index contributed by atoms with van der Waals surface area (Å²) >= 11 is 3.26. The predicted molar refractivity (Wildman–Crippen MR) is 80.0 cm³/mol. The van der Waals surface area contributed by atoms with Crippen molar-refractivity contribution in [3.8, 4) is 0 Å². The second-order valence-electron chi connectivity index (χ2n) is 5.60. The third-order valence-corrected chi connectivity index (χ3v) is 4.29. The highest BCUT2D eigenvalue weighted by molar-refractivity contribution is 9.10. The number of carbonyl (C=O) groups excluding carboxylic acids is 1. The maximum Gasteiger partial charge on any atom is 0.311 e. The molecule has 1 amide bonds. The number of carboxylic acids is 1. The van der Waals surface area contributed by atoms with Crippen molar-refractivity contribution in [3.63, 3.8) is 0 Å². The highest BCUT2D eigenvalue weighted by Crippen LogP contribution is 2.29. The smallest absolute Gasteiger partial charge is 0.311 e. The van der Waals surface area contributed by atoms with Gasteiger partial charge in [0.25, 0.3) is 5.56 Å². The van der Waals surface area contributed by atoms with E-state index in [0.717, 1.165) is 0 Å². The SMILES string of the molecule is CC1(C(=O)O)CCCN(C(=O)Cn2cc(Br)ccc2=O)C1. The number of carbonyl (C=O) groups is 2. The monoisotopic (exact) mass is 356 g/mol. The lowest BCUT2D eigenvalue weighted by Crippen LogP contribution is -2.49. The molecular formula is C14H17BrN2O4. The minimum Gasteiger partial charge on any atom is -0.481 e. The average molecular weight is 357 g/mol. The van der Waals surface area contributed by atoms with E-state index in [1.54, 1.807) is 19.2 Å². The maximum absolute atomic E-state index is 12.3. The number of piperidine rings is 1. The molecule has 0 bridgehead atoms. The summed E-state index contributed by atoms with van der Waals surface area (Å²) in [6.45, 7) is 2.29. The van der Waals surface area contributed by atoms with Gasteiger partial charge in [0.15, 0.2) is 0 Å². The number of hydrogen-bond acceptors (Lipinski definition) is 3. The molecule has 6 nitrogen and oxygen atoms in total. The zero-order valence-corrected chi connectivity index (χ0v) is 13.3. The molecule has 1 aliphatic heterocycles. The molecular weight excluding hydrogens is 340 g/mol. The van der Waals surface area contributed by atoms with Crippen LogP contribution in [0.25, 0.3) is 0 Å². The minimum absolute atomic E-state index is 0.0754. The van der Waals surface area contributed by atoms with Gasteiger partial charge in [0.1, 0.15) is 6.54 Å². The summed E-state index contributed by atoms with van der Waals surface area (Å²) in [5, 5.41) is 9.27. The number of carboxylic acid groups (broad SMARTS) is 1. The molecule has 7 heteroatoms. The van der Waals surface area contributed by atoms with Crippen LogP contribution in [-0.4, -0.2) is 39.5 Å². The number of pyridine rings is 1. The predicted octanol–water partition coefficient (Wildman–Crippen LogP) is 1.32. The van der Waals surface area contributed by atoms with Gasteiger partial charge in [-0.05, 0) is 41.8 Å². The fourth-order valence-corrected chi connectivity index (χ4v) is 2.88. The summed E-state index contributed by atoms with van der Waals surface area (Å²) in [6, 6.07) is 3.00. The van der Waals surface area contributed by atoms with E-state index < -0.39 is 11.4 Å². The highest BCUT2D eigenvalue weighted by Gasteiger charge is 2.39. The summed E-state index contributed by atoms with van der Waals surface area (Å²) in [7, 11) is 0. The van der Waals surface area contributed by atoms with E-state index in [2.05, 4.69) is 15.9 Å². The summed E-state index contributed by atoms with van der Waals surface area (Å²) in [5.74, 6) is -1.12. The van der Waals surface area contributed by atoms with Crippen molar-refractivity contribution in [2.75, 3.05) is 13.1 Å². The Kier molecular flexibility index (Phi) is 4.51. The summed E-state index contributed by atoms with van der Waals surface area (Å²) in [5.41, 5.74) is -1.17. The van der Waals surface area contributed by atoms with Crippen molar-refractivity contribution in [1.29, 1.82) is 0 Å². The average Bonchev–Trinajstić information content (AvgIpc) is 2.42. The Bertz CT molecular complexity index is 628. The topological polar surface area (TPSA) is 79.6 Å². The minimum atomic E-state index is -0.907. The van der Waals surface area contributed by atoms with Crippen LogP contribution in [0.15, 0.2) is 27.6 Å². The first kappa shape index (κ1) is 15.8. The van der Waals surface area contributed by atoms with Crippen molar-refractivity contribution < 1.29 is 14.7 Å². The van der Waals surface area contributed by atoms with E-state index in [-0.39, 0.29) is 24.6 Å². The molecule has 1 atom stereocenters. The van der Waals surface area contributed by atoms with Gasteiger partial charge in [0, 0.05) is 29.8 Å². The van der Waals surface area contributed by atoms with Gasteiger partial charge in [-0.25, -0.2) is 0 Å². The van der Waals surface area contributed by atoms with Crippen LogP contribution >= 0.6 is 15.9 Å². The first-order chi connectivity index (χ1) is 9.82. The van der Waals surface area contributed by atoms with Crippen LogP contribution in [-0.2, 0) is 16.1 Å². The zero-order valence-electron chi connectivity index (χ0n) is 11.7. The standard InChI is InChI=1S/C14H17BrN2O4/c1-14(13(20)21)5-2-6-16(9-14)12(19)8-17-7-10(15)3-4-11(17)18/h3-4,7H,2,5-6,8-9H2,1H3,(H,20,21). The molecule has 1 saturated heterocycles. The van der Waals surface area contributed by atoms with Gasteiger partial charge in [0.05, 0.1) is 5.41 Å². The van der Waals surface area contributed by atoms with E-state index in [4.69, 9.17) is 0 Å². The molecule has 0 saturated carbocycles. The van der Waals surface area contributed by atoms with Crippen molar-refractivity contribution in [3.05, 3.63) is 33.2 Å². The fraction of sp³-hybridized carbons (Fsp3) is 0.500. The fourth-order valence-electron chi connectivity index (χ4n) is 2.50. The second kappa shape index (κ2) is 6.01. The van der Waals surface area contributed by atoms with Crippen molar-refractivity contribution in [2.45, 2.75) is 26.3 Å². The van der Waals surface area contributed by atoms with Crippen molar-refractivity contribution in [2.24, 2.45) is 5.41 Å². The number of hydrogen-bond donors (Lipinski definition) is 1. The quantitative estimate of drug-likeness (QED) is 0.885. The third kappa shape index (κ3) is 3.53. The molecule has 1 aromatic heterocycles. The van der Waals surface area contributed by atoms with E-state index in [1.807, 2.05) is 0 Å². The first-order valence-corrected chi connectivity index (χ1v) is 7.48. The normalized spacial score (nSPS) is 22.1. The molecule has 0 radical (unpaired) electrons. The highest BCUT2D eigenvalue weighted by atomic mass is 79.9. The number of rotatable bonds is 3. The van der Waals surface area contributed by atoms with Gasteiger partial charge < -0.3 is 14.6 Å². The zero-order chi connectivity index (χ0) is 15.6. The second-order valence-corrected chi connectivity index (χ2v) is 6.51. The molecule has 1 aliphatic rings. The Morgan fingerprint density at radius 2 is 2.14 bits per heavy atom. The van der Waals surface area contributed by atoms with E-state index in [9.17, 15) is 19.5 Å². The molecule has 1 fully saturated rings. The van der Waals surface area contributed by atoms with Crippen molar-refractivity contribution >= 4 is 27.8 Å². The molecule has 0 aromatic carbocycles. The Labute approximate surface area is 130 Å². The number of aromatic nitrogens is 1. The van der Waals surface area contributed by atoms with E-state index in [1.165, 1.54) is 15.5 Å². The Morgan fingerprint density at radius 1 is 1.43 bits per heavy atom. The molecule has 114 valence electrons. The molecule has 0 aliphatic carbocycles. The Balaban J connectivity index is 2.12. The third-order valence-electron chi connectivity index (χ3n) is 3.82. The Morgan fingerprint density at radius 3 is 2.81 bits per heavy atom. The van der Waals surface area contributed by atoms with Crippen LogP contribution in [0.4, 0.5) is 0 Å².